The first kappa shape index (κ1) is 21.5. The highest BCUT2D eigenvalue weighted by molar-refractivity contribution is 7.89. The Morgan fingerprint density at radius 2 is 1.61 bits per heavy atom. The van der Waals surface area contributed by atoms with Crippen molar-refractivity contribution in [1.82, 2.24) is 4.31 Å². The summed E-state index contributed by atoms with van der Waals surface area (Å²) in [6.45, 7) is 4.50. The number of fused-ring (bicyclic) bond motifs is 1. The van der Waals surface area contributed by atoms with E-state index in [1.807, 2.05) is 68.4 Å². The van der Waals surface area contributed by atoms with Crippen LogP contribution in [0.1, 0.15) is 24.0 Å². The Hall–Kier alpha value is -2.70. The number of rotatable bonds is 4. The third-order valence-corrected chi connectivity index (χ3v) is 8.26. The Morgan fingerprint density at radius 1 is 0.935 bits per heavy atom. The first-order chi connectivity index (χ1) is 14.8. The van der Waals surface area contributed by atoms with E-state index in [0.29, 0.717) is 30.8 Å². The summed E-state index contributed by atoms with van der Waals surface area (Å²) in [6, 6.07) is 19.5. The summed E-state index contributed by atoms with van der Waals surface area (Å²) < 4.78 is 27.7. The molecule has 0 bridgehead atoms. The third kappa shape index (κ3) is 4.23. The van der Waals surface area contributed by atoms with Gasteiger partial charge in [-0.15, -0.1) is 0 Å². The van der Waals surface area contributed by atoms with Crippen LogP contribution in [0.25, 0.3) is 10.8 Å². The van der Waals surface area contributed by atoms with Gasteiger partial charge >= 0.3 is 0 Å². The van der Waals surface area contributed by atoms with Crippen LogP contribution in [0.15, 0.2) is 65.6 Å². The molecule has 0 radical (unpaired) electrons. The topological polar surface area (TPSA) is 57.7 Å². The van der Waals surface area contributed by atoms with Crippen LogP contribution < -0.4 is 4.90 Å². The fourth-order valence-corrected chi connectivity index (χ4v) is 6.03. The first-order valence-electron chi connectivity index (χ1n) is 10.6. The van der Waals surface area contributed by atoms with Crippen LogP contribution in [0.2, 0.25) is 0 Å². The van der Waals surface area contributed by atoms with E-state index >= 15 is 0 Å². The minimum absolute atomic E-state index is 0.0406. The summed E-state index contributed by atoms with van der Waals surface area (Å²) in [5.41, 5.74) is 2.65. The number of aryl methyl sites for hydroxylation is 2. The fraction of sp³-hybridized carbons (Fsp3) is 0.320. The van der Waals surface area contributed by atoms with Gasteiger partial charge in [-0.05, 0) is 61.2 Å². The minimum Gasteiger partial charge on any atom is -0.315 e. The van der Waals surface area contributed by atoms with Crippen molar-refractivity contribution in [3.05, 3.63) is 71.8 Å². The number of carbonyl (C=O) groups excluding carboxylic acids is 1. The van der Waals surface area contributed by atoms with Gasteiger partial charge in [-0.2, -0.15) is 4.31 Å². The molecule has 162 valence electrons. The number of anilines is 1. The zero-order chi connectivity index (χ0) is 22.2. The van der Waals surface area contributed by atoms with Gasteiger partial charge < -0.3 is 4.90 Å². The van der Waals surface area contributed by atoms with E-state index in [1.54, 1.807) is 18.0 Å². The van der Waals surface area contributed by atoms with Crippen molar-refractivity contribution >= 4 is 32.4 Å². The van der Waals surface area contributed by atoms with E-state index in [9.17, 15) is 13.2 Å². The van der Waals surface area contributed by atoms with E-state index in [2.05, 4.69) is 0 Å². The van der Waals surface area contributed by atoms with Crippen LogP contribution in [-0.4, -0.2) is 38.8 Å². The lowest BCUT2D eigenvalue weighted by Crippen LogP contribution is -2.43. The molecular weight excluding hydrogens is 408 g/mol. The van der Waals surface area contributed by atoms with E-state index in [0.717, 1.165) is 27.6 Å². The quantitative estimate of drug-likeness (QED) is 0.604. The number of carbonyl (C=O) groups is 1. The van der Waals surface area contributed by atoms with Crippen molar-refractivity contribution in [2.24, 2.45) is 5.92 Å². The molecule has 0 aromatic heterocycles. The maximum Gasteiger partial charge on any atom is 0.243 e. The van der Waals surface area contributed by atoms with Gasteiger partial charge in [0.2, 0.25) is 15.9 Å². The molecule has 0 N–H and O–H groups in total. The maximum absolute atomic E-state index is 13.1. The van der Waals surface area contributed by atoms with Crippen LogP contribution >= 0.6 is 0 Å². The predicted octanol–water partition coefficient (Wildman–Crippen LogP) is 4.52. The standard InChI is InChI=1S/C25H28N2O3S/c1-18-8-11-24(19(2)16-18)31(29,30)27-14-12-21(13-15-27)25(28)26(3)23-10-9-20-6-4-5-7-22(20)17-23/h4-11,16-17,21H,12-15H2,1-3H3. The van der Waals surface area contributed by atoms with E-state index in [1.165, 1.54) is 4.31 Å². The summed E-state index contributed by atoms with van der Waals surface area (Å²) in [6.07, 6.45) is 1.06. The van der Waals surface area contributed by atoms with Crippen LogP contribution in [0.4, 0.5) is 5.69 Å². The Bertz CT molecular complexity index is 1230. The second-order valence-corrected chi connectivity index (χ2v) is 10.3. The molecule has 0 spiro atoms. The lowest BCUT2D eigenvalue weighted by molar-refractivity contribution is -0.123. The van der Waals surface area contributed by atoms with E-state index < -0.39 is 10.0 Å². The molecule has 1 saturated heterocycles. The SMILES string of the molecule is Cc1ccc(S(=O)(=O)N2CCC(C(=O)N(C)c3ccc4ccccc4c3)CC2)c(C)c1. The van der Waals surface area contributed by atoms with Crippen LogP contribution in [0.3, 0.4) is 0 Å². The molecular formula is C25H28N2O3S. The molecule has 3 aromatic carbocycles. The Morgan fingerprint density at radius 3 is 2.29 bits per heavy atom. The Labute approximate surface area is 184 Å². The van der Waals surface area contributed by atoms with Crippen molar-refractivity contribution in [3.8, 4) is 0 Å². The number of nitrogens with zero attached hydrogens (tertiary/aromatic N) is 2. The smallest absolute Gasteiger partial charge is 0.243 e. The monoisotopic (exact) mass is 436 g/mol. The number of hydrogen-bond donors (Lipinski definition) is 0. The Kier molecular flexibility index (Phi) is 5.86. The van der Waals surface area contributed by atoms with Gasteiger partial charge in [-0.3, -0.25) is 4.79 Å². The number of benzene rings is 3. The molecule has 1 amide bonds. The number of hydrogen-bond acceptors (Lipinski definition) is 3. The second-order valence-electron chi connectivity index (χ2n) is 8.38. The molecule has 1 aliphatic rings. The minimum atomic E-state index is -3.55. The second kappa shape index (κ2) is 8.44. The number of sulfonamides is 1. The molecule has 0 saturated carbocycles. The van der Waals surface area contributed by atoms with Crippen molar-refractivity contribution in [2.45, 2.75) is 31.6 Å². The molecule has 0 aliphatic carbocycles. The lowest BCUT2D eigenvalue weighted by atomic mass is 9.96. The van der Waals surface area contributed by atoms with Crippen molar-refractivity contribution in [1.29, 1.82) is 0 Å². The Balaban J connectivity index is 1.45. The molecule has 0 atom stereocenters. The predicted molar refractivity (Wildman–Crippen MR) is 125 cm³/mol. The van der Waals surface area contributed by atoms with Crippen molar-refractivity contribution in [2.75, 3.05) is 25.0 Å². The third-order valence-electron chi connectivity index (χ3n) is 6.20. The number of piperidine rings is 1. The van der Waals surface area contributed by atoms with E-state index in [4.69, 9.17) is 0 Å². The van der Waals surface area contributed by atoms with Crippen molar-refractivity contribution < 1.29 is 13.2 Å². The zero-order valence-corrected chi connectivity index (χ0v) is 19.0. The maximum atomic E-state index is 13.1. The molecule has 31 heavy (non-hydrogen) atoms. The summed E-state index contributed by atoms with van der Waals surface area (Å²) in [4.78, 5) is 15.2. The highest BCUT2D eigenvalue weighted by Crippen LogP contribution is 2.29. The lowest BCUT2D eigenvalue weighted by Gasteiger charge is -2.33. The van der Waals surface area contributed by atoms with Crippen LogP contribution in [-0.2, 0) is 14.8 Å². The molecule has 5 nitrogen and oxygen atoms in total. The highest BCUT2D eigenvalue weighted by atomic mass is 32.2. The molecule has 0 unspecified atom stereocenters. The van der Waals surface area contributed by atoms with Gasteiger partial charge in [-0.25, -0.2) is 8.42 Å². The summed E-state index contributed by atoms with van der Waals surface area (Å²) >= 11 is 0. The van der Waals surface area contributed by atoms with Gasteiger partial charge in [-0.1, -0.05) is 48.0 Å². The molecule has 1 heterocycles. The normalized spacial score (nSPS) is 15.8. The van der Waals surface area contributed by atoms with Gasteiger partial charge in [0.15, 0.2) is 0 Å². The summed E-state index contributed by atoms with van der Waals surface area (Å²) in [5.74, 6) is -0.138. The van der Waals surface area contributed by atoms with Gasteiger partial charge in [0.1, 0.15) is 0 Å². The average molecular weight is 437 g/mol. The van der Waals surface area contributed by atoms with E-state index in [-0.39, 0.29) is 11.8 Å². The summed E-state index contributed by atoms with van der Waals surface area (Å²) in [7, 11) is -1.75. The molecule has 1 aliphatic heterocycles. The molecule has 6 heteroatoms. The van der Waals surface area contributed by atoms with Crippen molar-refractivity contribution in [3.63, 3.8) is 0 Å². The highest BCUT2D eigenvalue weighted by Gasteiger charge is 2.34. The molecule has 1 fully saturated rings. The van der Waals surface area contributed by atoms with Gasteiger partial charge in [0, 0.05) is 31.7 Å². The van der Waals surface area contributed by atoms with Crippen LogP contribution in [0, 0.1) is 19.8 Å². The fourth-order valence-electron chi connectivity index (χ4n) is 4.36. The zero-order valence-electron chi connectivity index (χ0n) is 18.2. The summed E-state index contributed by atoms with van der Waals surface area (Å²) in [5, 5.41) is 2.23. The molecule has 3 aromatic rings. The van der Waals surface area contributed by atoms with Gasteiger partial charge in [0.25, 0.3) is 0 Å². The largest absolute Gasteiger partial charge is 0.315 e. The van der Waals surface area contributed by atoms with Crippen LogP contribution in [0.5, 0.6) is 0 Å². The van der Waals surface area contributed by atoms with Gasteiger partial charge in [0.05, 0.1) is 4.90 Å². The number of amides is 1. The first-order valence-corrected chi connectivity index (χ1v) is 12.0. The average Bonchev–Trinajstić information content (AvgIpc) is 2.77. The molecule has 4 rings (SSSR count).